The van der Waals surface area contributed by atoms with Crippen LogP contribution in [-0.4, -0.2) is 23.9 Å². The number of carbonyl (C=O) groups is 2. The van der Waals surface area contributed by atoms with Crippen LogP contribution in [0.3, 0.4) is 0 Å². The Labute approximate surface area is 116 Å². The first kappa shape index (κ1) is 15.2. The van der Waals surface area contributed by atoms with Gasteiger partial charge in [-0.1, -0.05) is 11.8 Å². The Hall–Kier alpha value is -1.84. The Morgan fingerprint density at radius 3 is 2.63 bits per heavy atom. The quantitative estimate of drug-likeness (QED) is 0.697. The largest absolute Gasteiger partial charge is 0.368 e. The van der Waals surface area contributed by atoms with Gasteiger partial charge in [-0.25, -0.2) is 0 Å². The molecule has 0 radical (unpaired) electrons. The standard InChI is InChI=1S/C13H17N3O2S/c1-8-7-10(19-9(8)5-4-6-14)11(17)16-13(2,3)12(15)18/h7H,6,14H2,1-3H3,(H2,15,18)(H,16,17). The minimum Gasteiger partial charge on any atom is -0.368 e. The molecular weight excluding hydrogens is 262 g/mol. The first-order valence-corrected chi connectivity index (χ1v) is 6.51. The molecule has 19 heavy (non-hydrogen) atoms. The van der Waals surface area contributed by atoms with E-state index in [1.54, 1.807) is 19.9 Å². The van der Waals surface area contributed by atoms with Crippen molar-refractivity contribution in [2.24, 2.45) is 11.5 Å². The van der Waals surface area contributed by atoms with E-state index in [2.05, 4.69) is 17.2 Å². The summed E-state index contributed by atoms with van der Waals surface area (Å²) in [7, 11) is 0. The van der Waals surface area contributed by atoms with Gasteiger partial charge in [0.25, 0.3) is 5.91 Å². The van der Waals surface area contributed by atoms with Gasteiger partial charge in [0.2, 0.25) is 5.91 Å². The second kappa shape index (κ2) is 5.87. The van der Waals surface area contributed by atoms with Gasteiger partial charge in [-0.2, -0.15) is 0 Å². The first-order chi connectivity index (χ1) is 8.77. The molecule has 0 atom stereocenters. The summed E-state index contributed by atoms with van der Waals surface area (Å²) in [6.45, 7) is 5.26. The molecule has 2 amide bonds. The highest BCUT2D eigenvalue weighted by molar-refractivity contribution is 7.14. The predicted molar refractivity (Wildman–Crippen MR) is 75.7 cm³/mol. The molecule has 0 fully saturated rings. The summed E-state index contributed by atoms with van der Waals surface area (Å²) < 4.78 is 0. The van der Waals surface area contributed by atoms with E-state index in [0.29, 0.717) is 4.88 Å². The molecule has 1 rings (SSSR count). The van der Waals surface area contributed by atoms with E-state index in [1.807, 2.05) is 6.92 Å². The van der Waals surface area contributed by atoms with Crippen molar-refractivity contribution >= 4 is 23.2 Å². The van der Waals surface area contributed by atoms with Crippen LogP contribution >= 0.6 is 11.3 Å². The number of amides is 2. The first-order valence-electron chi connectivity index (χ1n) is 5.69. The third-order valence-electron chi connectivity index (χ3n) is 2.49. The molecule has 0 aliphatic rings. The van der Waals surface area contributed by atoms with Crippen LogP contribution in [0.5, 0.6) is 0 Å². The van der Waals surface area contributed by atoms with Gasteiger partial charge in [0, 0.05) is 0 Å². The van der Waals surface area contributed by atoms with Gasteiger partial charge < -0.3 is 16.8 Å². The zero-order valence-corrected chi connectivity index (χ0v) is 12.0. The van der Waals surface area contributed by atoms with E-state index in [1.165, 1.54) is 11.3 Å². The predicted octanol–water partition coefficient (Wildman–Crippen LogP) is 0.360. The van der Waals surface area contributed by atoms with Crippen molar-refractivity contribution in [3.8, 4) is 11.8 Å². The molecule has 0 bridgehead atoms. The summed E-state index contributed by atoms with van der Waals surface area (Å²) in [4.78, 5) is 24.5. The number of hydrogen-bond acceptors (Lipinski definition) is 4. The Bertz CT molecular complexity index is 564. The topological polar surface area (TPSA) is 98.2 Å². The molecule has 0 aliphatic heterocycles. The van der Waals surface area contributed by atoms with Crippen LogP contribution in [0.2, 0.25) is 0 Å². The maximum atomic E-state index is 12.0. The van der Waals surface area contributed by atoms with Crippen LogP contribution in [-0.2, 0) is 4.79 Å². The summed E-state index contributed by atoms with van der Waals surface area (Å²) in [5.41, 5.74) is 10.3. The van der Waals surface area contributed by atoms with Gasteiger partial charge in [-0.3, -0.25) is 9.59 Å². The SMILES string of the molecule is Cc1cc(C(=O)NC(C)(C)C(N)=O)sc1C#CCN. The molecular formula is C13H17N3O2S. The van der Waals surface area contributed by atoms with E-state index in [9.17, 15) is 9.59 Å². The van der Waals surface area contributed by atoms with Gasteiger partial charge in [-0.15, -0.1) is 11.3 Å². The summed E-state index contributed by atoms with van der Waals surface area (Å²) in [6.07, 6.45) is 0. The molecule has 5 N–H and O–H groups in total. The minimum atomic E-state index is -1.09. The zero-order valence-electron chi connectivity index (χ0n) is 11.2. The highest BCUT2D eigenvalue weighted by Crippen LogP contribution is 2.21. The van der Waals surface area contributed by atoms with Gasteiger partial charge in [0.1, 0.15) is 5.54 Å². The molecule has 0 unspecified atom stereocenters. The van der Waals surface area contributed by atoms with E-state index in [0.717, 1.165) is 10.4 Å². The molecule has 6 heteroatoms. The smallest absolute Gasteiger partial charge is 0.262 e. The number of nitrogens with one attached hydrogen (secondary N) is 1. The van der Waals surface area contributed by atoms with Crippen molar-refractivity contribution in [1.82, 2.24) is 5.32 Å². The summed E-state index contributed by atoms with van der Waals surface area (Å²) in [5, 5.41) is 2.59. The number of hydrogen-bond donors (Lipinski definition) is 3. The minimum absolute atomic E-state index is 0.271. The molecule has 0 saturated heterocycles. The van der Waals surface area contributed by atoms with Crippen LogP contribution in [0.1, 0.15) is 34.0 Å². The van der Waals surface area contributed by atoms with E-state index < -0.39 is 11.4 Å². The average Bonchev–Trinajstić information content (AvgIpc) is 2.67. The molecule has 0 aromatic carbocycles. The zero-order chi connectivity index (χ0) is 14.6. The highest BCUT2D eigenvalue weighted by atomic mass is 32.1. The highest BCUT2D eigenvalue weighted by Gasteiger charge is 2.28. The summed E-state index contributed by atoms with van der Waals surface area (Å²) in [6, 6.07) is 1.73. The van der Waals surface area contributed by atoms with Crippen molar-refractivity contribution in [2.75, 3.05) is 6.54 Å². The van der Waals surface area contributed by atoms with Crippen molar-refractivity contribution in [3.05, 3.63) is 21.4 Å². The monoisotopic (exact) mass is 279 g/mol. The lowest BCUT2D eigenvalue weighted by Crippen LogP contribution is -2.52. The number of carbonyl (C=O) groups excluding carboxylic acids is 2. The third kappa shape index (κ3) is 3.81. The number of nitrogens with two attached hydrogens (primary N) is 2. The van der Waals surface area contributed by atoms with Crippen molar-refractivity contribution in [1.29, 1.82) is 0 Å². The molecule has 0 aliphatic carbocycles. The molecule has 0 spiro atoms. The maximum Gasteiger partial charge on any atom is 0.262 e. The Balaban J connectivity index is 2.93. The number of primary amides is 1. The van der Waals surface area contributed by atoms with Gasteiger partial charge >= 0.3 is 0 Å². The molecule has 5 nitrogen and oxygen atoms in total. The lowest BCUT2D eigenvalue weighted by Gasteiger charge is -2.21. The van der Waals surface area contributed by atoms with Crippen LogP contribution in [0.15, 0.2) is 6.07 Å². The molecule has 1 aromatic heterocycles. The fourth-order valence-corrected chi connectivity index (χ4v) is 2.20. The van der Waals surface area contributed by atoms with Crippen LogP contribution in [0.25, 0.3) is 0 Å². The normalized spacial score (nSPS) is 10.5. The second-order valence-corrected chi connectivity index (χ2v) is 5.62. The third-order valence-corrected chi connectivity index (χ3v) is 3.64. The summed E-state index contributed by atoms with van der Waals surface area (Å²) in [5.74, 6) is 4.73. The molecule has 102 valence electrons. The lowest BCUT2D eigenvalue weighted by atomic mass is 10.1. The van der Waals surface area contributed by atoms with E-state index in [4.69, 9.17) is 11.5 Å². The van der Waals surface area contributed by atoms with E-state index in [-0.39, 0.29) is 12.5 Å². The Morgan fingerprint density at radius 1 is 1.47 bits per heavy atom. The molecule has 1 heterocycles. The Kier molecular flexibility index (Phi) is 4.70. The fourth-order valence-electron chi connectivity index (χ4n) is 1.26. The van der Waals surface area contributed by atoms with Crippen LogP contribution < -0.4 is 16.8 Å². The van der Waals surface area contributed by atoms with Gasteiger partial charge in [0.05, 0.1) is 16.3 Å². The van der Waals surface area contributed by atoms with E-state index >= 15 is 0 Å². The van der Waals surface area contributed by atoms with Gasteiger partial charge in [0.15, 0.2) is 0 Å². The van der Waals surface area contributed by atoms with Crippen LogP contribution in [0, 0.1) is 18.8 Å². The van der Waals surface area contributed by atoms with Crippen molar-refractivity contribution < 1.29 is 9.59 Å². The summed E-state index contributed by atoms with van der Waals surface area (Å²) >= 11 is 1.27. The average molecular weight is 279 g/mol. The second-order valence-electron chi connectivity index (χ2n) is 4.57. The maximum absolute atomic E-state index is 12.0. The lowest BCUT2D eigenvalue weighted by molar-refractivity contribution is -0.122. The number of rotatable bonds is 3. The van der Waals surface area contributed by atoms with Gasteiger partial charge in [-0.05, 0) is 32.4 Å². The van der Waals surface area contributed by atoms with Crippen molar-refractivity contribution in [3.63, 3.8) is 0 Å². The Morgan fingerprint density at radius 2 is 2.11 bits per heavy atom. The molecule has 1 aromatic rings. The van der Waals surface area contributed by atoms with Crippen molar-refractivity contribution in [2.45, 2.75) is 26.3 Å². The molecule has 0 saturated carbocycles. The number of aryl methyl sites for hydroxylation is 1. The number of thiophene rings is 1. The fraction of sp³-hybridized carbons (Fsp3) is 0.385. The van der Waals surface area contributed by atoms with Crippen LogP contribution in [0.4, 0.5) is 0 Å².